The van der Waals surface area contributed by atoms with Gasteiger partial charge < -0.3 is 28.6 Å². The number of carbonyl (C=O) groups is 2. The molecule has 0 aliphatic carbocycles. The molecule has 1 amide bonds. The third-order valence-electron chi connectivity index (χ3n) is 6.80. The molecule has 4 rings (SSSR count). The zero-order valence-corrected chi connectivity index (χ0v) is 23.5. The van der Waals surface area contributed by atoms with Crippen LogP contribution in [0.15, 0.2) is 70.9 Å². The normalized spacial score (nSPS) is 16.5. The molecular weight excluding hydrogens is 510 g/mol. The molecule has 40 heavy (non-hydrogen) atoms. The van der Waals surface area contributed by atoms with Gasteiger partial charge in [0, 0.05) is 5.56 Å². The summed E-state index contributed by atoms with van der Waals surface area (Å²) in [5.41, 5.74) is 0.996. The summed E-state index contributed by atoms with van der Waals surface area (Å²) < 4.78 is 22.8. The number of aliphatic hydroxyl groups excluding tert-OH is 1. The molecule has 1 fully saturated rings. The fraction of sp³-hybridized carbons (Fsp3) is 0.375. The average molecular weight is 548 g/mol. The van der Waals surface area contributed by atoms with Gasteiger partial charge in [0.05, 0.1) is 44.7 Å². The fourth-order valence-corrected chi connectivity index (χ4v) is 4.54. The number of amides is 1. The van der Waals surface area contributed by atoms with Crippen LogP contribution in [0.1, 0.15) is 63.0 Å². The van der Waals surface area contributed by atoms with Crippen molar-refractivity contribution in [2.24, 2.45) is 5.92 Å². The third kappa shape index (κ3) is 6.50. The van der Waals surface area contributed by atoms with E-state index in [1.54, 1.807) is 61.7 Å². The maximum absolute atomic E-state index is 13.4. The second-order valence-electron chi connectivity index (χ2n) is 10.2. The van der Waals surface area contributed by atoms with Crippen LogP contribution >= 0.6 is 0 Å². The van der Waals surface area contributed by atoms with Gasteiger partial charge in [0.15, 0.2) is 11.5 Å². The molecule has 1 aliphatic heterocycles. The van der Waals surface area contributed by atoms with Gasteiger partial charge in [-0.3, -0.25) is 9.59 Å². The Hall–Kier alpha value is -4.20. The van der Waals surface area contributed by atoms with Crippen LogP contribution in [0, 0.1) is 5.92 Å². The summed E-state index contributed by atoms with van der Waals surface area (Å²) in [5, 5.41) is 11.4. The SMILES string of the molecule is CCCCOc1ccc(/C(O)=C2\C(=O)C(=O)N(Cc3ccco3)C2c2ccc(OCCC(C)C)c(OC)c2)cc1. The van der Waals surface area contributed by atoms with E-state index in [0.717, 1.165) is 19.3 Å². The minimum Gasteiger partial charge on any atom is -0.507 e. The first kappa shape index (κ1) is 28.8. The lowest BCUT2D eigenvalue weighted by molar-refractivity contribution is -0.140. The van der Waals surface area contributed by atoms with E-state index in [1.807, 2.05) is 0 Å². The lowest BCUT2D eigenvalue weighted by Gasteiger charge is -2.25. The first-order chi connectivity index (χ1) is 19.3. The molecule has 1 aliphatic rings. The molecule has 1 N–H and O–H groups in total. The minimum atomic E-state index is -0.871. The molecule has 8 nitrogen and oxygen atoms in total. The van der Waals surface area contributed by atoms with Crippen molar-refractivity contribution >= 4 is 17.4 Å². The Labute approximate surface area is 235 Å². The van der Waals surface area contributed by atoms with Crippen LogP contribution in [0.2, 0.25) is 0 Å². The number of ether oxygens (including phenoxy) is 3. The van der Waals surface area contributed by atoms with Crippen LogP contribution in [0.3, 0.4) is 0 Å². The Morgan fingerprint density at radius 1 is 1.02 bits per heavy atom. The van der Waals surface area contributed by atoms with Gasteiger partial charge in [0.1, 0.15) is 17.3 Å². The molecule has 2 heterocycles. The van der Waals surface area contributed by atoms with Crippen molar-refractivity contribution in [3.8, 4) is 17.2 Å². The van der Waals surface area contributed by atoms with Crippen LogP contribution in [0.4, 0.5) is 0 Å². The van der Waals surface area contributed by atoms with Crippen molar-refractivity contribution < 1.29 is 33.3 Å². The predicted molar refractivity (Wildman–Crippen MR) is 151 cm³/mol. The number of aliphatic hydroxyl groups is 1. The van der Waals surface area contributed by atoms with Crippen molar-refractivity contribution in [3.63, 3.8) is 0 Å². The van der Waals surface area contributed by atoms with Gasteiger partial charge in [-0.25, -0.2) is 0 Å². The number of hydrogen-bond acceptors (Lipinski definition) is 7. The standard InChI is InChI=1S/C32H37NO7/c1-5-6-16-38-24-12-9-22(10-13-24)30(34)28-29(33(32(36)31(28)35)20-25-8-7-17-39-25)23-11-14-26(27(19-23)37-4)40-18-15-21(2)3/h7-14,17,19,21,29,34H,5-6,15-16,18,20H2,1-4H3/b30-28+. The molecule has 0 bridgehead atoms. The van der Waals surface area contributed by atoms with E-state index in [1.165, 1.54) is 11.2 Å². The molecule has 0 saturated carbocycles. The fourth-order valence-electron chi connectivity index (χ4n) is 4.54. The number of methoxy groups -OCH3 is 1. The monoisotopic (exact) mass is 547 g/mol. The Morgan fingerprint density at radius 2 is 1.80 bits per heavy atom. The predicted octanol–water partition coefficient (Wildman–Crippen LogP) is 6.51. The van der Waals surface area contributed by atoms with Gasteiger partial charge in [0.25, 0.3) is 11.7 Å². The van der Waals surface area contributed by atoms with Crippen LogP contribution in [-0.2, 0) is 16.1 Å². The Kier molecular flexibility index (Phi) is 9.53. The summed E-state index contributed by atoms with van der Waals surface area (Å²) in [7, 11) is 1.54. The average Bonchev–Trinajstić information content (AvgIpc) is 3.55. The number of likely N-dealkylation sites (tertiary alicyclic amines) is 1. The maximum Gasteiger partial charge on any atom is 0.296 e. The quantitative estimate of drug-likeness (QED) is 0.113. The lowest BCUT2D eigenvalue weighted by atomic mass is 9.95. The molecule has 1 aromatic heterocycles. The third-order valence-corrected chi connectivity index (χ3v) is 6.80. The Morgan fingerprint density at radius 3 is 2.45 bits per heavy atom. The van der Waals surface area contributed by atoms with Gasteiger partial charge in [-0.05, 0) is 72.9 Å². The van der Waals surface area contributed by atoms with E-state index in [0.29, 0.717) is 53.3 Å². The van der Waals surface area contributed by atoms with E-state index >= 15 is 0 Å². The molecule has 1 unspecified atom stereocenters. The number of hydrogen-bond donors (Lipinski definition) is 1. The number of carbonyl (C=O) groups excluding carboxylic acids is 2. The molecule has 0 radical (unpaired) electrons. The second-order valence-corrected chi connectivity index (χ2v) is 10.2. The van der Waals surface area contributed by atoms with Crippen LogP contribution in [0.5, 0.6) is 17.2 Å². The minimum absolute atomic E-state index is 0.00765. The molecule has 2 aromatic carbocycles. The van der Waals surface area contributed by atoms with E-state index < -0.39 is 17.7 Å². The number of Topliss-reactive ketones (excluding diaryl/α,β-unsaturated/α-hetero) is 1. The van der Waals surface area contributed by atoms with Crippen molar-refractivity contribution in [1.82, 2.24) is 4.90 Å². The smallest absolute Gasteiger partial charge is 0.296 e. The highest BCUT2D eigenvalue weighted by Crippen LogP contribution is 2.43. The van der Waals surface area contributed by atoms with Crippen LogP contribution in [0.25, 0.3) is 5.76 Å². The summed E-state index contributed by atoms with van der Waals surface area (Å²) in [6.45, 7) is 7.52. The molecule has 1 atom stereocenters. The second kappa shape index (κ2) is 13.2. The molecule has 8 heteroatoms. The number of benzene rings is 2. The molecule has 0 spiro atoms. The number of unbranched alkanes of at least 4 members (excludes halogenated alkanes) is 1. The topological polar surface area (TPSA) is 98.4 Å². The van der Waals surface area contributed by atoms with Crippen molar-refractivity contribution in [1.29, 1.82) is 0 Å². The summed E-state index contributed by atoms with van der Waals surface area (Å²) in [5.74, 6) is 0.947. The number of nitrogens with zero attached hydrogens (tertiary/aromatic N) is 1. The highest BCUT2D eigenvalue weighted by molar-refractivity contribution is 6.46. The van der Waals surface area contributed by atoms with E-state index in [2.05, 4.69) is 20.8 Å². The summed E-state index contributed by atoms with van der Waals surface area (Å²) in [6.07, 6.45) is 4.35. The van der Waals surface area contributed by atoms with Gasteiger partial charge in [-0.2, -0.15) is 0 Å². The summed E-state index contributed by atoms with van der Waals surface area (Å²) >= 11 is 0. The molecular formula is C32H37NO7. The summed E-state index contributed by atoms with van der Waals surface area (Å²) in [4.78, 5) is 28.1. The number of ketones is 1. The van der Waals surface area contributed by atoms with Crippen molar-refractivity contribution in [2.45, 2.75) is 52.6 Å². The Balaban J connectivity index is 1.73. The van der Waals surface area contributed by atoms with E-state index in [9.17, 15) is 14.7 Å². The molecule has 3 aromatic rings. The number of furan rings is 1. The first-order valence-corrected chi connectivity index (χ1v) is 13.7. The van der Waals surface area contributed by atoms with Gasteiger partial charge in [0.2, 0.25) is 0 Å². The van der Waals surface area contributed by atoms with Crippen LogP contribution < -0.4 is 14.2 Å². The zero-order chi connectivity index (χ0) is 28.6. The highest BCUT2D eigenvalue weighted by Gasteiger charge is 2.46. The molecule has 212 valence electrons. The van der Waals surface area contributed by atoms with Crippen molar-refractivity contribution in [3.05, 3.63) is 83.3 Å². The highest BCUT2D eigenvalue weighted by atomic mass is 16.5. The maximum atomic E-state index is 13.4. The summed E-state index contributed by atoms with van der Waals surface area (Å²) in [6, 6.07) is 14.7. The van der Waals surface area contributed by atoms with E-state index in [4.69, 9.17) is 18.6 Å². The lowest BCUT2D eigenvalue weighted by Crippen LogP contribution is -2.29. The van der Waals surface area contributed by atoms with Crippen LogP contribution in [-0.4, -0.2) is 42.0 Å². The molecule has 1 saturated heterocycles. The Bertz CT molecular complexity index is 1330. The van der Waals surface area contributed by atoms with Gasteiger partial charge in [-0.15, -0.1) is 0 Å². The first-order valence-electron chi connectivity index (χ1n) is 13.7. The largest absolute Gasteiger partial charge is 0.507 e. The zero-order valence-electron chi connectivity index (χ0n) is 23.5. The number of rotatable bonds is 13. The van der Waals surface area contributed by atoms with E-state index in [-0.39, 0.29) is 17.9 Å². The van der Waals surface area contributed by atoms with Crippen molar-refractivity contribution in [2.75, 3.05) is 20.3 Å². The van der Waals surface area contributed by atoms with Gasteiger partial charge in [-0.1, -0.05) is 33.3 Å². The van der Waals surface area contributed by atoms with Gasteiger partial charge >= 0.3 is 0 Å².